The van der Waals surface area contributed by atoms with E-state index in [-0.39, 0.29) is 29.6 Å². The van der Waals surface area contributed by atoms with E-state index < -0.39 is 0 Å². The minimum absolute atomic E-state index is 0. The molecular formula is C13H18BrClN6O. The fourth-order valence-corrected chi connectivity index (χ4v) is 2.73. The van der Waals surface area contributed by atoms with Gasteiger partial charge in [-0.05, 0) is 47.3 Å². The first-order valence-corrected chi connectivity index (χ1v) is 7.72. The average molecular weight is 390 g/mol. The molecule has 0 bridgehead atoms. The Bertz CT molecular complexity index is 670. The summed E-state index contributed by atoms with van der Waals surface area (Å²) in [6, 6.07) is 0. The number of amides is 1. The summed E-state index contributed by atoms with van der Waals surface area (Å²) in [4.78, 5) is 20.4. The first kappa shape index (κ1) is 17.1. The molecule has 0 spiro atoms. The smallest absolute Gasteiger partial charge is 0.291 e. The fourth-order valence-electron chi connectivity index (χ4n) is 2.44. The second kappa shape index (κ2) is 6.89. The number of piperidine rings is 1. The standard InChI is InChI=1S/C13H17BrN6O.ClH/c1-13(2-4-15-5-3-13)8-17-11(21)10-18-12-16-6-9(14)7-20(12)19-10;/h6-7,15H,2-5,8H2,1H3,(H,17,21);1H. The second-order valence-corrected chi connectivity index (χ2v) is 6.61. The molecule has 0 unspecified atom stereocenters. The van der Waals surface area contributed by atoms with Crippen LogP contribution in [0.1, 0.15) is 30.4 Å². The Morgan fingerprint density at radius 3 is 2.95 bits per heavy atom. The maximum absolute atomic E-state index is 12.2. The zero-order chi connectivity index (χ0) is 14.9. The highest BCUT2D eigenvalue weighted by atomic mass is 79.9. The van der Waals surface area contributed by atoms with Crippen molar-refractivity contribution in [3.05, 3.63) is 22.7 Å². The van der Waals surface area contributed by atoms with Gasteiger partial charge in [0.25, 0.3) is 11.7 Å². The molecule has 1 amide bonds. The van der Waals surface area contributed by atoms with E-state index in [0.717, 1.165) is 30.4 Å². The summed E-state index contributed by atoms with van der Waals surface area (Å²) >= 11 is 3.31. The van der Waals surface area contributed by atoms with E-state index in [4.69, 9.17) is 0 Å². The molecule has 0 atom stereocenters. The lowest BCUT2D eigenvalue weighted by Gasteiger charge is -2.33. The minimum atomic E-state index is -0.253. The molecule has 2 aromatic rings. The van der Waals surface area contributed by atoms with Crippen molar-refractivity contribution in [2.24, 2.45) is 5.41 Å². The SMILES string of the molecule is CC1(CNC(=O)c2nc3ncc(Br)cn3n2)CCNCC1.Cl. The number of hydrogen-bond acceptors (Lipinski definition) is 5. The molecule has 2 aromatic heterocycles. The highest BCUT2D eigenvalue weighted by Gasteiger charge is 2.27. The van der Waals surface area contributed by atoms with Gasteiger partial charge in [0.15, 0.2) is 0 Å². The Kier molecular flexibility index (Phi) is 5.36. The molecule has 0 radical (unpaired) electrons. The zero-order valence-electron chi connectivity index (χ0n) is 12.2. The number of aromatic nitrogens is 4. The monoisotopic (exact) mass is 388 g/mol. The minimum Gasteiger partial charge on any atom is -0.349 e. The van der Waals surface area contributed by atoms with E-state index in [1.807, 2.05) is 0 Å². The van der Waals surface area contributed by atoms with Crippen molar-refractivity contribution in [1.29, 1.82) is 0 Å². The van der Waals surface area contributed by atoms with Crippen molar-refractivity contribution >= 4 is 40.0 Å². The quantitative estimate of drug-likeness (QED) is 0.829. The maximum Gasteiger partial charge on any atom is 0.291 e. The zero-order valence-corrected chi connectivity index (χ0v) is 14.6. The van der Waals surface area contributed by atoms with Crippen LogP contribution in [0.25, 0.3) is 5.78 Å². The van der Waals surface area contributed by atoms with Crippen LogP contribution in [0.4, 0.5) is 0 Å². The number of nitrogens with one attached hydrogen (secondary N) is 2. The van der Waals surface area contributed by atoms with E-state index in [9.17, 15) is 4.79 Å². The number of carbonyl (C=O) groups is 1. The van der Waals surface area contributed by atoms with Crippen molar-refractivity contribution in [2.45, 2.75) is 19.8 Å². The topological polar surface area (TPSA) is 84.2 Å². The lowest BCUT2D eigenvalue weighted by molar-refractivity contribution is 0.0912. The van der Waals surface area contributed by atoms with E-state index >= 15 is 0 Å². The van der Waals surface area contributed by atoms with Gasteiger partial charge < -0.3 is 10.6 Å². The van der Waals surface area contributed by atoms with Crippen molar-refractivity contribution in [2.75, 3.05) is 19.6 Å². The van der Waals surface area contributed by atoms with Crippen LogP contribution in [0, 0.1) is 5.41 Å². The molecule has 9 heteroatoms. The van der Waals surface area contributed by atoms with Gasteiger partial charge in [0.2, 0.25) is 5.82 Å². The van der Waals surface area contributed by atoms with E-state index in [1.165, 1.54) is 4.52 Å². The Balaban J connectivity index is 0.00000176. The van der Waals surface area contributed by atoms with Gasteiger partial charge in [-0.1, -0.05) is 6.92 Å². The third kappa shape index (κ3) is 3.74. The third-order valence-corrected chi connectivity index (χ3v) is 4.26. The Morgan fingerprint density at radius 2 is 2.23 bits per heavy atom. The van der Waals surface area contributed by atoms with Gasteiger partial charge in [0.05, 0.1) is 4.47 Å². The summed E-state index contributed by atoms with van der Waals surface area (Å²) < 4.78 is 2.28. The Morgan fingerprint density at radius 1 is 1.50 bits per heavy atom. The first-order chi connectivity index (χ1) is 10.1. The molecule has 22 heavy (non-hydrogen) atoms. The lowest BCUT2D eigenvalue weighted by atomic mass is 9.81. The molecule has 3 heterocycles. The summed E-state index contributed by atoms with van der Waals surface area (Å²) in [6.45, 7) is 4.83. The van der Waals surface area contributed by atoms with E-state index in [2.05, 4.69) is 48.6 Å². The van der Waals surface area contributed by atoms with Crippen LogP contribution in [0.15, 0.2) is 16.9 Å². The lowest BCUT2D eigenvalue weighted by Crippen LogP contribution is -2.43. The fraction of sp³-hybridized carbons (Fsp3) is 0.538. The predicted octanol–water partition coefficient (Wildman–Crippen LogP) is 1.43. The van der Waals surface area contributed by atoms with Gasteiger partial charge in [-0.3, -0.25) is 4.79 Å². The maximum atomic E-state index is 12.2. The molecule has 1 fully saturated rings. The third-order valence-electron chi connectivity index (χ3n) is 3.85. The van der Waals surface area contributed by atoms with Crippen LogP contribution >= 0.6 is 28.3 Å². The second-order valence-electron chi connectivity index (χ2n) is 5.70. The number of hydrogen-bond donors (Lipinski definition) is 2. The molecule has 3 rings (SSSR count). The predicted molar refractivity (Wildman–Crippen MR) is 88.3 cm³/mol. The summed E-state index contributed by atoms with van der Waals surface area (Å²) in [5, 5.41) is 10.4. The molecule has 0 aromatic carbocycles. The summed E-state index contributed by atoms with van der Waals surface area (Å²) in [5.74, 6) is 0.311. The molecule has 1 aliphatic rings. The first-order valence-electron chi connectivity index (χ1n) is 6.93. The molecule has 1 saturated heterocycles. The summed E-state index contributed by atoms with van der Waals surface area (Å²) in [5.41, 5.74) is 0.140. The average Bonchev–Trinajstić information content (AvgIpc) is 2.88. The van der Waals surface area contributed by atoms with E-state index in [0.29, 0.717) is 12.3 Å². The van der Waals surface area contributed by atoms with Crippen LogP contribution < -0.4 is 10.6 Å². The molecule has 2 N–H and O–H groups in total. The molecular weight excluding hydrogens is 372 g/mol. The highest BCUT2D eigenvalue weighted by Crippen LogP contribution is 2.26. The van der Waals surface area contributed by atoms with Gasteiger partial charge in [-0.25, -0.2) is 9.50 Å². The van der Waals surface area contributed by atoms with Crippen molar-refractivity contribution < 1.29 is 4.79 Å². The Labute approximate surface area is 142 Å². The van der Waals surface area contributed by atoms with Gasteiger partial charge in [0.1, 0.15) is 0 Å². The van der Waals surface area contributed by atoms with Gasteiger partial charge in [-0.2, -0.15) is 4.98 Å². The summed E-state index contributed by atoms with van der Waals surface area (Å²) in [7, 11) is 0. The largest absolute Gasteiger partial charge is 0.349 e. The van der Waals surface area contributed by atoms with Crippen molar-refractivity contribution in [3.63, 3.8) is 0 Å². The molecule has 0 aliphatic carbocycles. The van der Waals surface area contributed by atoms with Crippen LogP contribution in [0.2, 0.25) is 0 Å². The van der Waals surface area contributed by atoms with Crippen LogP contribution in [0.3, 0.4) is 0 Å². The number of rotatable bonds is 3. The molecule has 120 valence electrons. The molecule has 1 aliphatic heterocycles. The van der Waals surface area contributed by atoms with Crippen molar-refractivity contribution in [3.8, 4) is 0 Å². The number of carbonyl (C=O) groups excluding carboxylic acids is 1. The number of nitrogens with zero attached hydrogens (tertiary/aromatic N) is 4. The van der Waals surface area contributed by atoms with Crippen LogP contribution in [-0.2, 0) is 0 Å². The van der Waals surface area contributed by atoms with Gasteiger partial charge in [-0.15, -0.1) is 17.5 Å². The molecule has 7 nitrogen and oxygen atoms in total. The summed E-state index contributed by atoms with van der Waals surface area (Å²) in [6.07, 6.45) is 5.46. The number of fused-ring (bicyclic) bond motifs is 1. The van der Waals surface area contributed by atoms with Crippen LogP contribution in [-0.4, -0.2) is 45.1 Å². The van der Waals surface area contributed by atoms with Gasteiger partial charge >= 0.3 is 0 Å². The number of halogens is 2. The normalized spacial score (nSPS) is 17.0. The van der Waals surface area contributed by atoms with Crippen molar-refractivity contribution in [1.82, 2.24) is 30.2 Å². The van der Waals surface area contributed by atoms with Crippen LogP contribution in [0.5, 0.6) is 0 Å². The molecule has 0 saturated carbocycles. The Hall–Kier alpha value is -1.25. The van der Waals surface area contributed by atoms with Gasteiger partial charge in [0, 0.05) is 18.9 Å². The highest BCUT2D eigenvalue weighted by molar-refractivity contribution is 9.10. The van der Waals surface area contributed by atoms with E-state index in [1.54, 1.807) is 12.4 Å².